The Balaban J connectivity index is 1.78. The molecule has 0 bridgehead atoms. The Bertz CT molecular complexity index is 1260. The van der Waals surface area contributed by atoms with Crippen LogP contribution in [0.2, 0.25) is 0 Å². The van der Waals surface area contributed by atoms with Gasteiger partial charge >= 0.3 is 5.97 Å². The summed E-state index contributed by atoms with van der Waals surface area (Å²) in [7, 11) is 0. The number of carbonyl (C=O) groups is 1. The number of carbonyl (C=O) groups excluding carboxylic acids is 1. The van der Waals surface area contributed by atoms with Crippen molar-refractivity contribution < 1.29 is 13.9 Å². The third-order valence-electron chi connectivity index (χ3n) is 3.84. The van der Waals surface area contributed by atoms with Crippen LogP contribution in [-0.4, -0.2) is 15.9 Å². The highest BCUT2D eigenvalue weighted by atomic mass is 19.1. The fraction of sp³-hybridized carbons (Fsp3) is 0. The van der Waals surface area contributed by atoms with E-state index in [0.29, 0.717) is 0 Å². The second-order valence-corrected chi connectivity index (χ2v) is 5.78. The molecule has 0 unspecified atom stereocenters. The van der Waals surface area contributed by atoms with E-state index in [-0.39, 0.29) is 17.1 Å². The van der Waals surface area contributed by atoms with Crippen LogP contribution in [0.1, 0.15) is 5.56 Å². The van der Waals surface area contributed by atoms with Crippen LogP contribution in [0, 0.1) is 41.8 Å². The molecule has 0 fully saturated rings. The highest BCUT2D eigenvalue weighted by molar-refractivity contribution is 5.83. The van der Waals surface area contributed by atoms with Crippen molar-refractivity contribution in [1.29, 1.82) is 0 Å². The number of esters is 1. The quantitative estimate of drug-likeness (QED) is 0.291. The van der Waals surface area contributed by atoms with Gasteiger partial charge in [-0.05, 0) is 53.5 Å². The lowest BCUT2D eigenvalue weighted by molar-refractivity contribution is -0.128. The minimum atomic E-state index is -0.666. The lowest BCUT2D eigenvalue weighted by atomic mass is 10.1. The molecule has 0 radical (unpaired) electrons. The molecule has 1 aromatic heterocycles. The Morgan fingerprint density at radius 3 is 2.40 bits per heavy atom. The molecule has 0 saturated carbocycles. The van der Waals surface area contributed by atoms with Gasteiger partial charge in [0.25, 0.3) is 0 Å². The van der Waals surface area contributed by atoms with Crippen LogP contribution in [0.3, 0.4) is 0 Å². The molecular weight excluding hydrogens is 379 g/mol. The first-order chi connectivity index (χ1) is 14.6. The maximum atomic E-state index is 14.4. The molecular formula is C25H13FN2O2. The van der Waals surface area contributed by atoms with Crippen LogP contribution in [0.25, 0.3) is 22.5 Å². The fourth-order valence-corrected chi connectivity index (χ4v) is 2.43. The lowest BCUT2D eigenvalue weighted by Crippen LogP contribution is -2.03. The fourth-order valence-electron chi connectivity index (χ4n) is 2.43. The first-order valence-corrected chi connectivity index (χ1v) is 8.64. The van der Waals surface area contributed by atoms with Crippen molar-refractivity contribution in [3.8, 4) is 64.3 Å². The predicted octanol–water partition coefficient (Wildman–Crippen LogP) is 4.03. The van der Waals surface area contributed by atoms with Crippen LogP contribution in [-0.2, 0) is 4.79 Å². The molecule has 3 aromatic rings. The van der Waals surface area contributed by atoms with Gasteiger partial charge in [0.2, 0.25) is 0 Å². The van der Waals surface area contributed by atoms with Crippen LogP contribution in [0.5, 0.6) is 5.75 Å². The van der Waals surface area contributed by atoms with E-state index in [1.165, 1.54) is 12.1 Å². The summed E-state index contributed by atoms with van der Waals surface area (Å²) in [6.45, 7) is 3.30. The minimum absolute atomic E-state index is 0.0752. The molecule has 1 heterocycles. The second kappa shape index (κ2) is 9.51. The van der Waals surface area contributed by atoms with Gasteiger partial charge in [0, 0.05) is 35.7 Å². The average molecular weight is 392 g/mol. The molecule has 142 valence electrons. The standard InChI is InChI=1S/C25H13FN2O2/c1-3-5-6-7-8-18-9-11-19(12-10-18)20-16-27-25(28-17-20)22-14-13-21(15-23(22)26)30-24(29)4-2/h1,4,9-17H,2H2. The Morgan fingerprint density at radius 2 is 1.77 bits per heavy atom. The summed E-state index contributed by atoms with van der Waals surface area (Å²) >= 11 is 0. The molecule has 0 spiro atoms. The van der Waals surface area contributed by atoms with E-state index >= 15 is 0 Å². The number of benzene rings is 2. The van der Waals surface area contributed by atoms with Crippen molar-refractivity contribution in [3.05, 3.63) is 78.9 Å². The highest BCUT2D eigenvalue weighted by Crippen LogP contribution is 2.25. The van der Waals surface area contributed by atoms with Crippen LogP contribution >= 0.6 is 0 Å². The Hall–Kier alpha value is -4.66. The van der Waals surface area contributed by atoms with Gasteiger partial charge in [-0.2, -0.15) is 0 Å². The van der Waals surface area contributed by atoms with Gasteiger partial charge in [-0.3, -0.25) is 0 Å². The third kappa shape index (κ3) is 4.98. The normalized spacial score (nSPS) is 9.20. The minimum Gasteiger partial charge on any atom is -0.423 e. The SMILES string of the molecule is C#CC#CC#Cc1ccc(-c2cnc(-c3ccc(OC(=O)C=C)cc3F)nc2)cc1. The van der Waals surface area contributed by atoms with E-state index in [1.807, 2.05) is 24.3 Å². The summed E-state index contributed by atoms with van der Waals surface area (Å²) in [5, 5.41) is 0. The Kier molecular flexibility index (Phi) is 6.37. The average Bonchev–Trinajstić information content (AvgIpc) is 2.77. The lowest BCUT2D eigenvalue weighted by Gasteiger charge is -2.06. The van der Waals surface area contributed by atoms with E-state index in [0.717, 1.165) is 28.8 Å². The Morgan fingerprint density at radius 1 is 1.03 bits per heavy atom. The number of hydrogen-bond acceptors (Lipinski definition) is 4. The summed E-state index contributed by atoms with van der Waals surface area (Å²) in [5.41, 5.74) is 2.64. The van der Waals surface area contributed by atoms with Crippen molar-refractivity contribution in [3.63, 3.8) is 0 Å². The molecule has 0 atom stereocenters. The van der Waals surface area contributed by atoms with Gasteiger partial charge in [0.05, 0.1) is 5.56 Å². The first-order valence-electron chi connectivity index (χ1n) is 8.64. The van der Waals surface area contributed by atoms with Crippen molar-refractivity contribution in [1.82, 2.24) is 9.97 Å². The summed E-state index contributed by atoms with van der Waals surface area (Å²) in [4.78, 5) is 19.7. The van der Waals surface area contributed by atoms with Crippen molar-refractivity contribution in [2.45, 2.75) is 0 Å². The summed E-state index contributed by atoms with van der Waals surface area (Å²) in [6, 6.07) is 11.5. The predicted molar refractivity (Wildman–Crippen MR) is 112 cm³/mol. The maximum absolute atomic E-state index is 14.4. The smallest absolute Gasteiger partial charge is 0.335 e. The van der Waals surface area contributed by atoms with Crippen LogP contribution in [0.15, 0.2) is 67.5 Å². The Labute approximate surface area is 173 Å². The molecule has 0 N–H and O–H groups in total. The van der Waals surface area contributed by atoms with Gasteiger partial charge in [0.1, 0.15) is 11.6 Å². The van der Waals surface area contributed by atoms with E-state index in [1.54, 1.807) is 12.4 Å². The number of rotatable bonds is 4. The zero-order valence-electron chi connectivity index (χ0n) is 15.6. The molecule has 0 saturated heterocycles. The molecule has 2 aromatic carbocycles. The number of terminal acetylenes is 1. The van der Waals surface area contributed by atoms with Gasteiger partial charge < -0.3 is 4.74 Å². The molecule has 0 aliphatic heterocycles. The van der Waals surface area contributed by atoms with Gasteiger partial charge in [-0.15, -0.1) is 6.42 Å². The van der Waals surface area contributed by atoms with Gasteiger partial charge in [-0.25, -0.2) is 19.2 Å². The summed E-state index contributed by atoms with van der Waals surface area (Å²) < 4.78 is 19.3. The molecule has 4 nitrogen and oxygen atoms in total. The number of aromatic nitrogens is 2. The van der Waals surface area contributed by atoms with E-state index in [2.05, 4.69) is 46.1 Å². The third-order valence-corrected chi connectivity index (χ3v) is 3.84. The number of ether oxygens (including phenoxy) is 1. The highest BCUT2D eigenvalue weighted by Gasteiger charge is 2.11. The van der Waals surface area contributed by atoms with E-state index in [9.17, 15) is 9.18 Å². The van der Waals surface area contributed by atoms with E-state index in [4.69, 9.17) is 11.2 Å². The molecule has 0 aliphatic carbocycles. The molecule has 3 rings (SSSR count). The summed E-state index contributed by atoms with van der Waals surface area (Å²) in [5.74, 6) is 11.7. The topological polar surface area (TPSA) is 52.1 Å². The largest absolute Gasteiger partial charge is 0.423 e. The zero-order valence-corrected chi connectivity index (χ0v) is 15.6. The van der Waals surface area contributed by atoms with Crippen LogP contribution in [0.4, 0.5) is 4.39 Å². The zero-order chi connectivity index (χ0) is 21.3. The van der Waals surface area contributed by atoms with Crippen molar-refractivity contribution >= 4 is 5.97 Å². The number of hydrogen-bond donors (Lipinski definition) is 0. The van der Waals surface area contributed by atoms with E-state index < -0.39 is 11.8 Å². The van der Waals surface area contributed by atoms with Crippen molar-refractivity contribution in [2.75, 3.05) is 0 Å². The second-order valence-electron chi connectivity index (χ2n) is 5.78. The molecule has 0 aliphatic rings. The number of nitrogens with zero attached hydrogens (tertiary/aromatic N) is 2. The van der Waals surface area contributed by atoms with Gasteiger partial charge in [-0.1, -0.05) is 24.6 Å². The summed E-state index contributed by atoms with van der Waals surface area (Å²) in [6.07, 6.45) is 9.24. The van der Waals surface area contributed by atoms with Crippen molar-refractivity contribution in [2.24, 2.45) is 0 Å². The number of halogens is 1. The maximum Gasteiger partial charge on any atom is 0.335 e. The molecule has 0 amide bonds. The monoisotopic (exact) mass is 392 g/mol. The van der Waals surface area contributed by atoms with Crippen LogP contribution < -0.4 is 4.74 Å². The molecule has 5 heteroatoms. The molecule has 30 heavy (non-hydrogen) atoms. The first kappa shape index (κ1) is 20.1. The van der Waals surface area contributed by atoms with Gasteiger partial charge in [0.15, 0.2) is 5.82 Å².